The number of carbonyl (C=O) groups is 1. The number of nitriles is 1. The number of aromatic nitrogens is 3. The van der Waals surface area contributed by atoms with E-state index in [0.717, 1.165) is 17.8 Å². The van der Waals surface area contributed by atoms with Gasteiger partial charge >= 0.3 is 5.97 Å². The number of rotatable bonds is 16. The number of ether oxygens (including phenoxy) is 5. The maximum atomic E-state index is 11.6. The van der Waals surface area contributed by atoms with E-state index in [1.807, 2.05) is 0 Å². The summed E-state index contributed by atoms with van der Waals surface area (Å²) in [6.07, 6.45) is 1.66. The van der Waals surface area contributed by atoms with E-state index in [0.29, 0.717) is 64.2 Å². The normalized spacial score (nSPS) is 12.3. The van der Waals surface area contributed by atoms with Crippen LogP contribution in [0.15, 0.2) is 23.5 Å². The average molecular weight is 623 g/mol. The lowest BCUT2D eigenvalue weighted by molar-refractivity contribution is -0.136. The lowest BCUT2D eigenvalue weighted by Gasteiger charge is -2.16. The Morgan fingerprint density at radius 1 is 1.17 bits per heavy atom. The molecule has 0 saturated carbocycles. The lowest BCUT2D eigenvalue weighted by atomic mass is 10.1. The number of benzene rings is 1. The molecule has 3 rings (SSSR count). The first-order chi connectivity index (χ1) is 19.5. The summed E-state index contributed by atoms with van der Waals surface area (Å²) in [5, 5.41) is 19.7. The molecule has 41 heavy (non-hydrogen) atoms. The Bertz CT molecular complexity index is 1410. The Kier molecular flexibility index (Phi) is 11.8. The number of hydrogen-bond donors (Lipinski definition) is 1. The van der Waals surface area contributed by atoms with Crippen LogP contribution in [0, 0.1) is 11.3 Å². The van der Waals surface area contributed by atoms with Crippen LogP contribution in [-0.4, -0.2) is 79.8 Å². The molecule has 0 bridgehead atoms. The van der Waals surface area contributed by atoms with Gasteiger partial charge in [-0.3, -0.25) is 4.79 Å². The van der Waals surface area contributed by atoms with Crippen molar-refractivity contribution in [2.75, 3.05) is 40.8 Å². The fourth-order valence-electron chi connectivity index (χ4n) is 3.64. The molecule has 1 unspecified atom stereocenters. The van der Waals surface area contributed by atoms with E-state index in [9.17, 15) is 15.2 Å². The maximum absolute atomic E-state index is 11.6. The van der Waals surface area contributed by atoms with E-state index in [-0.39, 0.29) is 18.7 Å². The van der Waals surface area contributed by atoms with Gasteiger partial charge in [-0.25, -0.2) is 9.97 Å². The van der Waals surface area contributed by atoms with Gasteiger partial charge in [-0.05, 0) is 19.0 Å². The molecular weight excluding hydrogens is 588 g/mol. The van der Waals surface area contributed by atoms with Crippen LogP contribution in [0.2, 0.25) is 30.7 Å². The molecule has 11 nitrogen and oxygen atoms in total. The van der Waals surface area contributed by atoms with E-state index in [1.54, 1.807) is 36.9 Å². The quantitative estimate of drug-likeness (QED) is 0.0711. The Morgan fingerprint density at radius 2 is 1.93 bits per heavy atom. The molecular formula is C27H35ClN4O7SSi. The van der Waals surface area contributed by atoms with Crippen molar-refractivity contribution in [3.63, 3.8) is 0 Å². The van der Waals surface area contributed by atoms with Crippen molar-refractivity contribution in [1.29, 1.82) is 5.26 Å². The van der Waals surface area contributed by atoms with Crippen LogP contribution in [0.4, 0.5) is 0 Å². The van der Waals surface area contributed by atoms with Crippen LogP contribution in [-0.2, 0) is 25.7 Å². The first-order valence-electron chi connectivity index (χ1n) is 12.8. The molecule has 3 aromatic rings. The topological polar surface area (TPSA) is 138 Å². The third-order valence-corrected chi connectivity index (χ3v) is 8.88. The molecule has 0 amide bonds. The second kappa shape index (κ2) is 14.9. The van der Waals surface area contributed by atoms with Crippen LogP contribution in [0.25, 0.3) is 22.3 Å². The molecule has 0 aliphatic heterocycles. The molecule has 1 atom stereocenters. The third-order valence-electron chi connectivity index (χ3n) is 5.91. The summed E-state index contributed by atoms with van der Waals surface area (Å²) in [4.78, 5) is 20.9. The van der Waals surface area contributed by atoms with E-state index < -0.39 is 19.3 Å². The zero-order valence-electron chi connectivity index (χ0n) is 24.0. The summed E-state index contributed by atoms with van der Waals surface area (Å²) in [5.74, 6) is -0.283. The van der Waals surface area contributed by atoms with Crippen LogP contribution in [0.5, 0.6) is 11.5 Å². The van der Waals surface area contributed by atoms with Gasteiger partial charge in [0.25, 0.3) is 0 Å². The molecule has 0 saturated heterocycles. The molecule has 1 aromatic carbocycles. The second-order valence-electron chi connectivity index (χ2n) is 10.3. The van der Waals surface area contributed by atoms with Crippen molar-refractivity contribution in [2.45, 2.75) is 49.7 Å². The summed E-state index contributed by atoms with van der Waals surface area (Å²) in [5.41, 5.74) is 1.55. The number of carboxylic acids is 1. The fraction of sp³-hybridized carbons (Fsp3) is 0.481. The van der Waals surface area contributed by atoms with Gasteiger partial charge in [0.2, 0.25) is 0 Å². The predicted octanol–water partition coefficient (Wildman–Crippen LogP) is 5.51. The molecule has 2 heterocycles. The highest BCUT2D eigenvalue weighted by Gasteiger charge is 2.24. The smallest absolute Gasteiger partial charge is 0.316 e. The molecule has 0 aliphatic rings. The monoisotopic (exact) mass is 622 g/mol. The zero-order chi connectivity index (χ0) is 30.2. The summed E-state index contributed by atoms with van der Waals surface area (Å²) in [6.45, 7) is 9.79. The molecule has 0 aliphatic carbocycles. The number of thioether (sulfide) groups is 1. The summed E-state index contributed by atoms with van der Waals surface area (Å²) >= 11 is 7.71. The third kappa shape index (κ3) is 8.81. The number of hydrogen-bond acceptors (Lipinski definition) is 10. The summed E-state index contributed by atoms with van der Waals surface area (Å²) in [6, 6.07) is 6.44. The largest absolute Gasteiger partial charge is 0.493 e. The first-order valence-corrected chi connectivity index (χ1v) is 17.8. The van der Waals surface area contributed by atoms with Crippen LogP contribution in [0.3, 0.4) is 0 Å². The van der Waals surface area contributed by atoms with Crippen molar-refractivity contribution >= 4 is 48.4 Å². The molecule has 0 spiro atoms. The summed E-state index contributed by atoms with van der Waals surface area (Å²) in [7, 11) is 1.77. The fourth-order valence-corrected chi connectivity index (χ4v) is 5.34. The SMILES string of the molecule is COCCOCOc1cc(-c2nc(SC(C)C(=O)O)nc3c2c(C#N)cn3COCC[Si](C)(C)C)c(Cl)cc1OC. The minimum atomic E-state index is -1.30. The molecule has 1 N–H and O–H groups in total. The van der Waals surface area contributed by atoms with Crippen LogP contribution >= 0.6 is 23.4 Å². The number of fused-ring (bicyclic) bond motifs is 1. The van der Waals surface area contributed by atoms with Crippen molar-refractivity contribution in [3.8, 4) is 28.8 Å². The van der Waals surface area contributed by atoms with Crippen molar-refractivity contribution in [2.24, 2.45) is 0 Å². The van der Waals surface area contributed by atoms with Gasteiger partial charge in [0, 0.05) is 39.6 Å². The average Bonchev–Trinajstić information content (AvgIpc) is 3.28. The number of aliphatic carboxylic acids is 1. The molecule has 2 aromatic heterocycles. The van der Waals surface area contributed by atoms with E-state index in [2.05, 4.69) is 35.7 Å². The zero-order valence-corrected chi connectivity index (χ0v) is 26.6. The van der Waals surface area contributed by atoms with E-state index in [4.69, 9.17) is 35.3 Å². The van der Waals surface area contributed by atoms with E-state index in [1.165, 1.54) is 7.11 Å². The number of carboxylic acid groups (broad SMARTS) is 1. The maximum Gasteiger partial charge on any atom is 0.316 e. The highest BCUT2D eigenvalue weighted by atomic mass is 35.5. The molecule has 0 radical (unpaired) electrons. The minimum Gasteiger partial charge on any atom is -0.493 e. The van der Waals surface area contributed by atoms with E-state index >= 15 is 0 Å². The molecule has 222 valence electrons. The van der Waals surface area contributed by atoms with Crippen molar-refractivity contribution in [1.82, 2.24) is 14.5 Å². The lowest BCUT2D eigenvalue weighted by Crippen LogP contribution is -2.22. The number of halogens is 1. The van der Waals surface area contributed by atoms with Gasteiger partial charge < -0.3 is 33.4 Å². The summed E-state index contributed by atoms with van der Waals surface area (Å²) < 4.78 is 29.4. The standard InChI is InChI=1S/C27H35ClN4O7SSi/c1-17(26(33)34)40-27-30-24(19-11-22(21(36-3)12-20(19)28)39-16-38-8-7-35-2)23-18(13-29)14-32(25(23)31-27)15-37-9-10-41(4,5)6/h11-12,14,17H,7-10,15-16H2,1-6H3,(H,33,34). The van der Waals surface area contributed by atoms with Gasteiger partial charge in [0.15, 0.2) is 23.4 Å². The number of nitrogens with zero attached hydrogens (tertiary/aromatic N) is 4. The van der Waals surface area contributed by atoms with Gasteiger partial charge in [0.1, 0.15) is 23.7 Å². The predicted molar refractivity (Wildman–Crippen MR) is 160 cm³/mol. The Balaban J connectivity index is 2.13. The second-order valence-corrected chi connectivity index (χ2v) is 17.6. The van der Waals surface area contributed by atoms with Crippen molar-refractivity contribution < 1.29 is 33.6 Å². The Labute approximate surface area is 249 Å². The molecule has 14 heteroatoms. The Hall–Kier alpha value is -2.86. The van der Waals surface area contributed by atoms with Crippen LogP contribution in [0.1, 0.15) is 12.5 Å². The van der Waals surface area contributed by atoms with Crippen molar-refractivity contribution in [3.05, 3.63) is 28.9 Å². The highest BCUT2D eigenvalue weighted by molar-refractivity contribution is 8.00. The first kappa shape index (κ1) is 32.6. The van der Waals surface area contributed by atoms with Gasteiger partial charge in [-0.2, -0.15) is 5.26 Å². The molecule has 0 fully saturated rings. The Morgan fingerprint density at radius 3 is 2.56 bits per heavy atom. The highest BCUT2D eigenvalue weighted by Crippen LogP contribution is 2.42. The number of methoxy groups -OCH3 is 2. The minimum absolute atomic E-state index is 0.0637. The van der Waals surface area contributed by atoms with Crippen LogP contribution < -0.4 is 9.47 Å². The van der Waals surface area contributed by atoms with Gasteiger partial charge in [-0.1, -0.05) is 43.0 Å². The van der Waals surface area contributed by atoms with Gasteiger partial charge in [0.05, 0.1) is 42.0 Å². The van der Waals surface area contributed by atoms with Gasteiger partial charge in [-0.15, -0.1) is 0 Å².